The molecule has 3 rings (SSSR count). The summed E-state index contributed by atoms with van der Waals surface area (Å²) < 4.78 is 0. The number of rotatable bonds is 6. The van der Waals surface area contributed by atoms with E-state index >= 15 is 0 Å². The quantitative estimate of drug-likeness (QED) is 0.631. The molecule has 4 nitrogen and oxygen atoms in total. The molecular formula is C21H23N3OS. The molecule has 3 aromatic rings. The van der Waals surface area contributed by atoms with Crippen molar-refractivity contribution in [2.45, 2.75) is 26.9 Å². The van der Waals surface area contributed by atoms with Gasteiger partial charge in [0.05, 0.1) is 11.4 Å². The van der Waals surface area contributed by atoms with Crippen LogP contribution in [0.1, 0.15) is 23.7 Å². The lowest BCUT2D eigenvalue weighted by molar-refractivity contribution is -0.115. The number of carbonyl (C=O) groups excluding carboxylic acids is 1. The van der Waals surface area contributed by atoms with Gasteiger partial charge in [0.2, 0.25) is 5.91 Å². The molecule has 0 saturated carbocycles. The first-order valence-corrected chi connectivity index (χ1v) is 9.45. The Kier molecular flexibility index (Phi) is 5.81. The van der Waals surface area contributed by atoms with E-state index < -0.39 is 0 Å². The number of anilines is 2. The predicted octanol–water partition coefficient (Wildman–Crippen LogP) is 4.77. The SMILES string of the molecule is CC(=O)N(c1ccccc1)c1nc(CN(C)Cc2ccc(C)cc2)cs1. The fourth-order valence-corrected chi connectivity index (χ4v) is 3.69. The maximum absolute atomic E-state index is 12.1. The summed E-state index contributed by atoms with van der Waals surface area (Å²) in [4.78, 5) is 20.7. The Balaban J connectivity index is 1.70. The maximum Gasteiger partial charge on any atom is 0.230 e. The van der Waals surface area contributed by atoms with Gasteiger partial charge in [-0.3, -0.25) is 14.6 Å². The van der Waals surface area contributed by atoms with Crippen molar-refractivity contribution >= 4 is 28.1 Å². The molecule has 0 spiro atoms. The highest BCUT2D eigenvalue weighted by atomic mass is 32.1. The van der Waals surface area contributed by atoms with Gasteiger partial charge in [0.15, 0.2) is 5.13 Å². The largest absolute Gasteiger partial charge is 0.296 e. The van der Waals surface area contributed by atoms with Gasteiger partial charge in [0, 0.05) is 25.4 Å². The Labute approximate surface area is 158 Å². The van der Waals surface area contributed by atoms with Crippen molar-refractivity contribution in [1.29, 1.82) is 0 Å². The van der Waals surface area contributed by atoms with Gasteiger partial charge >= 0.3 is 0 Å². The van der Waals surface area contributed by atoms with E-state index in [1.807, 2.05) is 35.7 Å². The zero-order chi connectivity index (χ0) is 18.5. The third-order valence-corrected chi connectivity index (χ3v) is 4.94. The lowest BCUT2D eigenvalue weighted by atomic mass is 10.1. The molecular weight excluding hydrogens is 342 g/mol. The van der Waals surface area contributed by atoms with Crippen LogP contribution in [0.25, 0.3) is 0 Å². The molecule has 0 aliphatic carbocycles. The molecule has 0 radical (unpaired) electrons. The first-order valence-electron chi connectivity index (χ1n) is 8.57. The topological polar surface area (TPSA) is 36.4 Å². The van der Waals surface area contributed by atoms with E-state index in [4.69, 9.17) is 0 Å². The molecule has 0 N–H and O–H groups in total. The Morgan fingerprint density at radius 2 is 1.73 bits per heavy atom. The highest BCUT2D eigenvalue weighted by Crippen LogP contribution is 2.29. The molecule has 26 heavy (non-hydrogen) atoms. The summed E-state index contributed by atoms with van der Waals surface area (Å²) in [6, 6.07) is 18.2. The van der Waals surface area contributed by atoms with Gasteiger partial charge in [-0.25, -0.2) is 4.98 Å². The van der Waals surface area contributed by atoms with Crippen LogP contribution in [-0.2, 0) is 17.9 Å². The van der Waals surface area contributed by atoms with Crippen LogP contribution in [0.4, 0.5) is 10.8 Å². The minimum Gasteiger partial charge on any atom is -0.296 e. The van der Waals surface area contributed by atoms with Crippen LogP contribution >= 0.6 is 11.3 Å². The summed E-state index contributed by atoms with van der Waals surface area (Å²) in [6.45, 7) is 5.27. The second kappa shape index (κ2) is 8.25. The summed E-state index contributed by atoms with van der Waals surface area (Å²) in [6.07, 6.45) is 0. The Morgan fingerprint density at radius 1 is 1.04 bits per heavy atom. The number of nitrogens with zero attached hydrogens (tertiary/aromatic N) is 3. The minimum absolute atomic E-state index is 0.0369. The third kappa shape index (κ3) is 4.56. The van der Waals surface area contributed by atoms with Gasteiger partial charge < -0.3 is 0 Å². The standard InChI is InChI=1S/C21H23N3OS/c1-16-9-11-18(12-10-16)13-23(3)14-19-15-26-21(22-19)24(17(2)25)20-7-5-4-6-8-20/h4-12,15H,13-14H2,1-3H3. The molecule has 0 bridgehead atoms. The number of amides is 1. The highest BCUT2D eigenvalue weighted by molar-refractivity contribution is 7.14. The molecule has 0 fully saturated rings. The Hall–Kier alpha value is -2.50. The van der Waals surface area contributed by atoms with E-state index in [1.54, 1.807) is 11.8 Å². The molecule has 0 aliphatic heterocycles. The van der Waals surface area contributed by atoms with Crippen LogP contribution in [0.5, 0.6) is 0 Å². The number of carbonyl (C=O) groups is 1. The monoisotopic (exact) mass is 365 g/mol. The highest BCUT2D eigenvalue weighted by Gasteiger charge is 2.18. The van der Waals surface area contributed by atoms with Crippen LogP contribution in [-0.4, -0.2) is 22.8 Å². The van der Waals surface area contributed by atoms with Crippen LogP contribution in [0.15, 0.2) is 60.0 Å². The van der Waals surface area contributed by atoms with Gasteiger partial charge in [0.25, 0.3) is 0 Å². The third-order valence-electron chi connectivity index (χ3n) is 4.07. The second-order valence-electron chi connectivity index (χ2n) is 6.47. The molecule has 1 amide bonds. The van der Waals surface area contributed by atoms with E-state index in [-0.39, 0.29) is 5.91 Å². The molecule has 1 heterocycles. The average Bonchev–Trinajstić information content (AvgIpc) is 3.05. The molecule has 1 aromatic heterocycles. The molecule has 2 aromatic carbocycles. The number of aryl methyl sites for hydroxylation is 1. The molecule has 5 heteroatoms. The summed E-state index contributed by atoms with van der Waals surface area (Å²) in [5, 5.41) is 2.74. The van der Waals surface area contributed by atoms with Crippen molar-refractivity contribution in [2.24, 2.45) is 0 Å². The summed E-state index contributed by atoms with van der Waals surface area (Å²) >= 11 is 1.50. The van der Waals surface area contributed by atoms with Crippen LogP contribution in [0, 0.1) is 6.92 Å². The molecule has 0 aliphatic rings. The van der Waals surface area contributed by atoms with Crippen molar-refractivity contribution in [1.82, 2.24) is 9.88 Å². The average molecular weight is 366 g/mol. The van der Waals surface area contributed by atoms with E-state index in [9.17, 15) is 4.79 Å². The normalized spacial score (nSPS) is 10.9. The zero-order valence-electron chi connectivity index (χ0n) is 15.3. The molecule has 0 unspecified atom stereocenters. The fourth-order valence-electron chi connectivity index (χ4n) is 2.81. The van der Waals surface area contributed by atoms with Crippen LogP contribution < -0.4 is 4.90 Å². The number of thiazole rings is 1. The maximum atomic E-state index is 12.1. The van der Waals surface area contributed by atoms with Crippen molar-refractivity contribution in [3.63, 3.8) is 0 Å². The first kappa shape index (κ1) is 18.3. The summed E-state index contributed by atoms with van der Waals surface area (Å²) in [5.74, 6) is -0.0369. The summed E-state index contributed by atoms with van der Waals surface area (Å²) in [5.41, 5.74) is 4.37. The zero-order valence-corrected chi connectivity index (χ0v) is 16.2. The fraction of sp³-hybridized carbons (Fsp3) is 0.238. The van der Waals surface area contributed by atoms with E-state index in [0.717, 1.165) is 24.5 Å². The van der Waals surface area contributed by atoms with Crippen molar-refractivity contribution < 1.29 is 4.79 Å². The number of benzene rings is 2. The minimum atomic E-state index is -0.0369. The lowest BCUT2D eigenvalue weighted by Gasteiger charge is -2.18. The van der Waals surface area contributed by atoms with E-state index in [1.165, 1.54) is 22.5 Å². The van der Waals surface area contributed by atoms with Gasteiger partial charge in [-0.15, -0.1) is 11.3 Å². The van der Waals surface area contributed by atoms with Gasteiger partial charge in [0.1, 0.15) is 0 Å². The van der Waals surface area contributed by atoms with Crippen molar-refractivity contribution in [3.05, 3.63) is 76.8 Å². The first-order chi connectivity index (χ1) is 12.5. The van der Waals surface area contributed by atoms with Gasteiger partial charge in [-0.1, -0.05) is 48.0 Å². The predicted molar refractivity (Wildman–Crippen MR) is 108 cm³/mol. The molecule has 134 valence electrons. The van der Waals surface area contributed by atoms with Crippen molar-refractivity contribution in [2.75, 3.05) is 11.9 Å². The van der Waals surface area contributed by atoms with Gasteiger partial charge in [-0.05, 0) is 31.7 Å². The Bertz CT molecular complexity index is 858. The van der Waals surface area contributed by atoms with E-state index in [2.05, 4.69) is 48.1 Å². The lowest BCUT2D eigenvalue weighted by Crippen LogP contribution is -2.23. The number of hydrogen-bond acceptors (Lipinski definition) is 4. The van der Waals surface area contributed by atoms with Gasteiger partial charge in [-0.2, -0.15) is 0 Å². The van der Waals surface area contributed by atoms with Crippen molar-refractivity contribution in [3.8, 4) is 0 Å². The number of hydrogen-bond donors (Lipinski definition) is 0. The Morgan fingerprint density at radius 3 is 2.38 bits per heavy atom. The number of para-hydroxylation sites is 1. The van der Waals surface area contributed by atoms with Crippen LogP contribution in [0.3, 0.4) is 0 Å². The van der Waals surface area contributed by atoms with E-state index in [0.29, 0.717) is 5.13 Å². The second-order valence-corrected chi connectivity index (χ2v) is 7.31. The molecule has 0 atom stereocenters. The smallest absolute Gasteiger partial charge is 0.230 e. The molecule has 0 saturated heterocycles. The number of aromatic nitrogens is 1. The van der Waals surface area contributed by atoms with Crippen LogP contribution in [0.2, 0.25) is 0 Å². The summed E-state index contributed by atoms with van der Waals surface area (Å²) in [7, 11) is 2.08.